The van der Waals surface area contributed by atoms with Crippen molar-refractivity contribution in [1.82, 2.24) is 5.32 Å². The number of nitrogens with two attached hydrogens (primary N) is 1. The largest absolute Gasteiger partial charge is 0.399 e. The van der Waals surface area contributed by atoms with Gasteiger partial charge >= 0.3 is 0 Å². The quantitative estimate of drug-likeness (QED) is 0.803. The third-order valence-electron chi connectivity index (χ3n) is 3.64. The zero-order valence-corrected chi connectivity index (χ0v) is 10.8. The van der Waals surface area contributed by atoms with Crippen LogP contribution in [-0.2, 0) is 11.3 Å². The molecule has 0 saturated heterocycles. The minimum absolute atomic E-state index is 0.171. The summed E-state index contributed by atoms with van der Waals surface area (Å²) in [6.45, 7) is 0.580. The molecule has 1 amide bonds. The van der Waals surface area contributed by atoms with E-state index in [0.717, 1.165) is 11.3 Å². The van der Waals surface area contributed by atoms with E-state index in [9.17, 15) is 4.79 Å². The molecule has 1 aromatic rings. The first-order chi connectivity index (χ1) is 8.74. The minimum atomic E-state index is 0.171. The monoisotopic (exact) mass is 246 g/mol. The van der Waals surface area contributed by atoms with E-state index in [1.807, 2.05) is 24.3 Å². The Morgan fingerprint density at radius 1 is 1.28 bits per heavy atom. The Bertz CT molecular complexity index is 397. The molecular formula is C15H22N2O. The van der Waals surface area contributed by atoms with Crippen molar-refractivity contribution in [3.05, 3.63) is 29.8 Å². The zero-order chi connectivity index (χ0) is 12.8. The SMILES string of the molecule is Nc1cccc(CNC(=O)CC2CCCCC2)c1. The highest BCUT2D eigenvalue weighted by atomic mass is 16.1. The topological polar surface area (TPSA) is 55.1 Å². The number of hydrogen-bond donors (Lipinski definition) is 2. The smallest absolute Gasteiger partial charge is 0.220 e. The van der Waals surface area contributed by atoms with Crippen LogP contribution in [0.1, 0.15) is 44.1 Å². The van der Waals surface area contributed by atoms with Crippen molar-refractivity contribution < 1.29 is 4.79 Å². The summed E-state index contributed by atoms with van der Waals surface area (Å²) in [4.78, 5) is 11.8. The highest BCUT2D eigenvalue weighted by molar-refractivity contribution is 5.76. The summed E-state index contributed by atoms with van der Waals surface area (Å²) in [7, 11) is 0. The normalized spacial score (nSPS) is 16.4. The summed E-state index contributed by atoms with van der Waals surface area (Å²) in [6, 6.07) is 7.66. The van der Waals surface area contributed by atoms with E-state index in [2.05, 4.69) is 5.32 Å². The highest BCUT2D eigenvalue weighted by Gasteiger charge is 2.16. The second-order valence-electron chi connectivity index (χ2n) is 5.23. The fraction of sp³-hybridized carbons (Fsp3) is 0.533. The molecule has 1 fully saturated rings. The van der Waals surface area contributed by atoms with Gasteiger partial charge in [0.05, 0.1) is 0 Å². The van der Waals surface area contributed by atoms with Gasteiger partial charge in [0.25, 0.3) is 0 Å². The first-order valence-corrected chi connectivity index (χ1v) is 6.85. The summed E-state index contributed by atoms with van der Waals surface area (Å²) in [5.41, 5.74) is 7.51. The van der Waals surface area contributed by atoms with Gasteiger partial charge in [0.15, 0.2) is 0 Å². The van der Waals surface area contributed by atoms with Gasteiger partial charge < -0.3 is 11.1 Å². The molecule has 1 aliphatic rings. The first-order valence-electron chi connectivity index (χ1n) is 6.85. The second-order valence-corrected chi connectivity index (χ2v) is 5.23. The van der Waals surface area contributed by atoms with Crippen molar-refractivity contribution in [1.29, 1.82) is 0 Å². The van der Waals surface area contributed by atoms with Crippen LogP contribution >= 0.6 is 0 Å². The van der Waals surface area contributed by atoms with Crippen LogP contribution in [0.25, 0.3) is 0 Å². The third kappa shape index (κ3) is 4.06. The standard InChI is InChI=1S/C15H22N2O/c16-14-8-4-7-13(9-14)11-17-15(18)10-12-5-2-1-3-6-12/h4,7-9,12H,1-3,5-6,10-11,16H2,(H,17,18). The van der Waals surface area contributed by atoms with E-state index in [1.165, 1.54) is 32.1 Å². The third-order valence-corrected chi connectivity index (χ3v) is 3.64. The summed E-state index contributed by atoms with van der Waals surface area (Å²) >= 11 is 0. The fourth-order valence-electron chi connectivity index (χ4n) is 2.63. The van der Waals surface area contributed by atoms with Crippen molar-refractivity contribution >= 4 is 11.6 Å². The Kier molecular flexibility index (Phi) is 4.62. The molecule has 0 spiro atoms. The predicted molar refractivity (Wildman–Crippen MR) is 73.9 cm³/mol. The maximum absolute atomic E-state index is 11.8. The number of carbonyl (C=O) groups is 1. The lowest BCUT2D eigenvalue weighted by Gasteiger charge is -2.20. The average molecular weight is 246 g/mol. The van der Waals surface area contributed by atoms with E-state index < -0.39 is 0 Å². The number of nitrogens with one attached hydrogen (secondary N) is 1. The van der Waals surface area contributed by atoms with Crippen LogP contribution in [0.4, 0.5) is 5.69 Å². The molecule has 3 nitrogen and oxygen atoms in total. The summed E-state index contributed by atoms with van der Waals surface area (Å²) < 4.78 is 0. The predicted octanol–water partition coefficient (Wildman–Crippen LogP) is 2.86. The molecule has 0 aromatic heterocycles. The molecule has 0 bridgehead atoms. The number of amides is 1. The van der Waals surface area contributed by atoms with Crippen LogP contribution in [-0.4, -0.2) is 5.91 Å². The lowest BCUT2D eigenvalue weighted by Crippen LogP contribution is -2.25. The van der Waals surface area contributed by atoms with Crippen molar-refractivity contribution in [2.24, 2.45) is 5.92 Å². The lowest BCUT2D eigenvalue weighted by molar-refractivity contribution is -0.122. The molecule has 1 saturated carbocycles. The minimum Gasteiger partial charge on any atom is -0.399 e. The van der Waals surface area contributed by atoms with E-state index in [1.54, 1.807) is 0 Å². The van der Waals surface area contributed by atoms with Gasteiger partial charge in [-0.25, -0.2) is 0 Å². The maximum Gasteiger partial charge on any atom is 0.220 e. The molecule has 0 atom stereocenters. The van der Waals surface area contributed by atoms with Crippen molar-refractivity contribution in [3.63, 3.8) is 0 Å². The molecule has 1 aromatic carbocycles. The van der Waals surface area contributed by atoms with Gasteiger partial charge in [0.1, 0.15) is 0 Å². The number of nitrogen functional groups attached to an aromatic ring is 1. The van der Waals surface area contributed by atoms with Crippen molar-refractivity contribution in [2.45, 2.75) is 45.1 Å². The molecule has 0 aliphatic heterocycles. The Morgan fingerprint density at radius 3 is 2.78 bits per heavy atom. The van der Waals surface area contributed by atoms with Crippen LogP contribution in [0.2, 0.25) is 0 Å². The number of hydrogen-bond acceptors (Lipinski definition) is 2. The molecular weight excluding hydrogens is 224 g/mol. The highest BCUT2D eigenvalue weighted by Crippen LogP contribution is 2.26. The number of rotatable bonds is 4. The molecule has 2 rings (SSSR count). The zero-order valence-electron chi connectivity index (χ0n) is 10.8. The Labute approximate surface area is 109 Å². The number of benzene rings is 1. The Balaban J connectivity index is 1.74. The molecule has 18 heavy (non-hydrogen) atoms. The molecule has 0 unspecified atom stereocenters. The average Bonchev–Trinajstić information content (AvgIpc) is 2.38. The van der Waals surface area contributed by atoms with Gasteiger partial charge in [-0.2, -0.15) is 0 Å². The van der Waals surface area contributed by atoms with Crippen molar-refractivity contribution in [3.8, 4) is 0 Å². The van der Waals surface area contributed by atoms with Gasteiger partial charge in [0, 0.05) is 18.7 Å². The van der Waals surface area contributed by atoms with E-state index in [0.29, 0.717) is 18.9 Å². The van der Waals surface area contributed by atoms with E-state index in [4.69, 9.17) is 5.73 Å². The molecule has 1 aliphatic carbocycles. The van der Waals surface area contributed by atoms with Crippen LogP contribution in [0.5, 0.6) is 0 Å². The van der Waals surface area contributed by atoms with E-state index in [-0.39, 0.29) is 5.91 Å². The first kappa shape index (κ1) is 12.9. The van der Waals surface area contributed by atoms with Gasteiger partial charge in [0.2, 0.25) is 5.91 Å². The molecule has 0 heterocycles. The van der Waals surface area contributed by atoms with Crippen LogP contribution < -0.4 is 11.1 Å². The van der Waals surface area contributed by atoms with Gasteiger partial charge in [-0.3, -0.25) is 4.79 Å². The second kappa shape index (κ2) is 6.43. The molecule has 0 radical (unpaired) electrons. The van der Waals surface area contributed by atoms with Crippen molar-refractivity contribution in [2.75, 3.05) is 5.73 Å². The van der Waals surface area contributed by atoms with Crippen LogP contribution in [0.15, 0.2) is 24.3 Å². The lowest BCUT2D eigenvalue weighted by atomic mass is 9.87. The molecule has 3 N–H and O–H groups in total. The number of carbonyl (C=O) groups excluding carboxylic acids is 1. The fourth-order valence-corrected chi connectivity index (χ4v) is 2.63. The summed E-state index contributed by atoms with van der Waals surface area (Å²) in [5, 5.41) is 2.98. The molecule has 98 valence electrons. The van der Waals surface area contributed by atoms with Gasteiger partial charge in [-0.05, 0) is 36.5 Å². The van der Waals surface area contributed by atoms with E-state index >= 15 is 0 Å². The Morgan fingerprint density at radius 2 is 2.06 bits per heavy atom. The Hall–Kier alpha value is -1.51. The van der Waals surface area contributed by atoms with Gasteiger partial charge in [-0.15, -0.1) is 0 Å². The summed E-state index contributed by atoms with van der Waals surface area (Å²) in [6.07, 6.45) is 7.02. The maximum atomic E-state index is 11.8. The summed E-state index contributed by atoms with van der Waals surface area (Å²) in [5.74, 6) is 0.768. The van der Waals surface area contributed by atoms with Crippen LogP contribution in [0, 0.1) is 5.92 Å². The molecule has 3 heteroatoms. The van der Waals surface area contributed by atoms with Crippen LogP contribution in [0.3, 0.4) is 0 Å². The van der Waals surface area contributed by atoms with Gasteiger partial charge in [-0.1, -0.05) is 31.4 Å². The number of anilines is 1.